The fourth-order valence-electron chi connectivity index (χ4n) is 3.08. The molecule has 0 aromatic heterocycles. The summed E-state index contributed by atoms with van der Waals surface area (Å²) in [6, 6.07) is 7.96. The van der Waals surface area contributed by atoms with Crippen LogP contribution in [-0.4, -0.2) is 29.6 Å². The molecule has 1 aromatic rings. The molecule has 1 atom stereocenters. The molecule has 1 N–H and O–H groups in total. The van der Waals surface area contributed by atoms with E-state index in [-0.39, 0.29) is 5.91 Å². The largest absolute Gasteiger partial charge is 0.481 e. The molecule has 1 aliphatic carbocycles. The van der Waals surface area contributed by atoms with Gasteiger partial charge in [-0.15, -0.1) is 0 Å². The minimum absolute atomic E-state index is 0.0298. The van der Waals surface area contributed by atoms with E-state index < -0.39 is 6.10 Å². The van der Waals surface area contributed by atoms with Gasteiger partial charge in [-0.25, -0.2) is 0 Å². The van der Waals surface area contributed by atoms with Crippen LogP contribution in [0.2, 0.25) is 0 Å². The number of para-hydroxylation sites is 1. The van der Waals surface area contributed by atoms with Gasteiger partial charge in [0.2, 0.25) is 0 Å². The maximum atomic E-state index is 12.2. The Hall–Kier alpha value is -1.16. The van der Waals surface area contributed by atoms with E-state index in [2.05, 4.69) is 25.2 Å². The van der Waals surface area contributed by atoms with Crippen molar-refractivity contribution >= 4 is 17.7 Å². The van der Waals surface area contributed by atoms with Gasteiger partial charge in [0.25, 0.3) is 5.91 Å². The summed E-state index contributed by atoms with van der Waals surface area (Å²) in [4.78, 5) is 12.2. The van der Waals surface area contributed by atoms with Crippen LogP contribution >= 0.6 is 11.8 Å². The highest BCUT2D eigenvalue weighted by molar-refractivity contribution is 7.99. The lowest BCUT2D eigenvalue weighted by atomic mass is 10.0. The van der Waals surface area contributed by atoms with Gasteiger partial charge in [-0.3, -0.25) is 4.79 Å². The van der Waals surface area contributed by atoms with Gasteiger partial charge in [-0.1, -0.05) is 51.3 Å². The average molecular weight is 350 g/mol. The third-order valence-electron chi connectivity index (χ3n) is 4.52. The Morgan fingerprint density at radius 1 is 1.21 bits per heavy atom. The number of hydrogen-bond donors (Lipinski definition) is 1. The molecule has 0 radical (unpaired) electrons. The lowest BCUT2D eigenvalue weighted by Gasteiger charge is -2.21. The molecule has 0 saturated heterocycles. The van der Waals surface area contributed by atoms with Crippen molar-refractivity contribution in [1.29, 1.82) is 0 Å². The zero-order valence-corrected chi connectivity index (χ0v) is 16.0. The fourth-order valence-corrected chi connectivity index (χ4v) is 4.30. The predicted molar refractivity (Wildman–Crippen MR) is 103 cm³/mol. The number of benzene rings is 1. The standard InChI is InChI=1S/C20H31NO2S/c1-15(2)18-11-7-8-12-19(18)23-16(3)20(22)21-13-14-24-17-9-5-4-6-10-17/h7-8,11-12,15-17H,4-6,9-10,13-14H2,1-3H3,(H,21,22)/t16-/m1/s1. The Morgan fingerprint density at radius 2 is 1.92 bits per heavy atom. The monoisotopic (exact) mass is 349 g/mol. The second-order valence-electron chi connectivity index (χ2n) is 6.87. The average Bonchev–Trinajstić information content (AvgIpc) is 2.59. The molecule has 1 amide bonds. The Bertz CT molecular complexity index is 512. The first-order chi connectivity index (χ1) is 11.6. The van der Waals surface area contributed by atoms with Crippen LogP contribution in [0.15, 0.2) is 24.3 Å². The van der Waals surface area contributed by atoms with Crippen molar-refractivity contribution in [2.75, 3.05) is 12.3 Å². The van der Waals surface area contributed by atoms with Gasteiger partial charge in [0.15, 0.2) is 6.10 Å². The van der Waals surface area contributed by atoms with Crippen molar-refractivity contribution < 1.29 is 9.53 Å². The lowest BCUT2D eigenvalue weighted by molar-refractivity contribution is -0.127. The summed E-state index contributed by atoms with van der Waals surface area (Å²) in [6.45, 7) is 6.81. The number of ether oxygens (including phenoxy) is 1. The lowest BCUT2D eigenvalue weighted by Crippen LogP contribution is -2.37. The third kappa shape index (κ3) is 6.04. The van der Waals surface area contributed by atoms with Gasteiger partial charge in [0.1, 0.15) is 5.75 Å². The number of thioether (sulfide) groups is 1. The predicted octanol–water partition coefficient (Wildman–Crippen LogP) is 4.76. The molecule has 3 nitrogen and oxygen atoms in total. The molecule has 4 heteroatoms. The van der Waals surface area contributed by atoms with E-state index in [9.17, 15) is 4.79 Å². The molecular weight excluding hydrogens is 318 g/mol. The molecule has 0 spiro atoms. The van der Waals surface area contributed by atoms with E-state index in [1.54, 1.807) is 0 Å². The van der Waals surface area contributed by atoms with E-state index in [1.165, 1.54) is 32.1 Å². The highest BCUT2D eigenvalue weighted by atomic mass is 32.2. The van der Waals surface area contributed by atoms with E-state index in [0.717, 1.165) is 28.9 Å². The summed E-state index contributed by atoms with van der Waals surface area (Å²) in [7, 11) is 0. The molecule has 1 fully saturated rings. The van der Waals surface area contributed by atoms with Crippen LogP contribution in [0.1, 0.15) is 64.4 Å². The number of carbonyl (C=O) groups excluding carboxylic acids is 1. The van der Waals surface area contributed by atoms with Crippen LogP contribution in [-0.2, 0) is 4.79 Å². The number of amides is 1. The topological polar surface area (TPSA) is 38.3 Å². The smallest absolute Gasteiger partial charge is 0.260 e. The second-order valence-corrected chi connectivity index (χ2v) is 8.28. The van der Waals surface area contributed by atoms with Crippen LogP contribution in [0.5, 0.6) is 5.75 Å². The summed E-state index contributed by atoms with van der Waals surface area (Å²) < 4.78 is 5.90. The first kappa shape index (κ1) is 19.2. The fraction of sp³-hybridized carbons (Fsp3) is 0.650. The number of carbonyl (C=O) groups is 1. The van der Waals surface area contributed by atoms with Crippen molar-refractivity contribution in [3.8, 4) is 5.75 Å². The molecule has 1 saturated carbocycles. The Kier molecular flexibility index (Phi) is 7.97. The molecule has 134 valence electrons. The third-order valence-corrected chi connectivity index (χ3v) is 5.90. The molecule has 0 bridgehead atoms. The van der Waals surface area contributed by atoms with Gasteiger partial charge in [-0.2, -0.15) is 11.8 Å². The summed E-state index contributed by atoms with van der Waals surface area (Å²) in [6.07, 6.45) is 6.33. The van der Waals surface area contributed by atoms with Crippen LogP contribution in [0.25, 0.3) is 0 Å². The number of hydrogen-bond acceptors (Lipinski definition) is 3. The summed E-state index contributed by atoms with van der Waals surface area (Å²) in [5.41, 5.74) is 1.14. The van der Waals surface area contributed by atoms with Gasteiger partial charge in [-0.05, 0) is 37.3 Å². The summed E-state index contributed by atoms with van der Waals surface area (Å²) in [5.74, 6) is 2.15. The van der Waals surface area contributed by atoms with E-state index in [4.69, 9.17) is 4.74 Å². The summed E-state index contributed by atoms with van der Waals surface area (Å²) >= 11 is 2.01. The molecule has 0 unspecified atom stereocenters. The van der Waals surface area contributed by atoms with Gasteiger partial charge in [0.05, 0.1) is 0 Å². The van der Waals surface area contributed by atoms with Crippen molar-refractivity contribution in [3.63, 3.8) is 0 Å². The van der Waals surface area contributed by atoms with E-state index in [1.807, 2.05) is 36.9 Å². The van der Waals surface area contributed by atoms with Crippen molar-refractivity contribution in [3.05, 3.63) is 29.8 Å². The van der Waals surface area contributed by atoms with Crippen LogP contribution in [0.3, 0.4) is 0 Å². The minimum atomic E-state index is -0.468. The van der Waals surface area contributed by atoms with Gasteiger partial charge >= 0.3 is 0 Å². The molecule has 2 rings (SSSR count). The molecular formula is C20H31NO2S. The quantitative estimate of drug-likeness (QED) is 0.688. The maximum absolute atomic E-state index is 12.2. The SMILES string of the molecule is CC(C)c1ccccc1O[C@H](C)C(=O)NCCSC1CCCCC1. The highest BCUT2D eigenvalue weighted by Gasteiger charge is 2.17. The van der Waals surface area contributed by atoms with Gasteiger partial charge < -0.3 is 10.1 Å². The van der Waals surface area contributed by atoms with Crippen LogP contribution in [0, 0.1) is 0 Å². The number of nitrogens with one attached hydrogen (secondary N) is 1. The molecule has 1 aromatic carbocycles. The zero-order chi connectivity index (χ0) is 17.4. The first-order valence-corrected chi connectivity index (χ1v) is 10.3. The molecule has 0 heterocycles. The second kappa shape index (κ2) is 9.97. The highest BCUT2D eigenvalue weighted by Crippen LogP contribution is 2.28. The zero-order valence-electron chi connectivity index (χ0n) is 15.2. The number of rotatable bonds is 8. The normalized spacial score (nSPS) is 16.8. The van der Waals surface area contributed by atoms with Crippen LogP contribution < -0.4 is 10.1 Å². The van der Waals surface area contributed by atoms with Crippen molar-refractivity contribution in [2.24, 2.45) is 0 Å². The summed E-state index contributed by atoms with van der Waals surface area (Å²) in [5, 5.41) is 3.80. The molecule has 24 heavy (non-hydrogen) atoms. The maximum Gasteiger partial charge on any atom is 0.260 e. The Labute approximate surface area is 150 Å². The van der Waals surface area contributed by atoms with E-state index >= 15 is 0 Å². The Morgan fingerprint density at radius 3 is 2.62 bits per heavy atom. The minimum Gasteiger partial charge on any atom is -0.481 e. The van der Waals surface area contributed by atoms with Crippen LogP contribution in [0.4, 0.5) is 0 Å². The van der Waals surface area contributed by atoms with Crippen molar-refractivity contribution in [1.82, 2.24) is 5.32 Å². The van der Waals surface area contributed by atoms with E-state index in [0.29, 0.717) is 5.92 Å². The molecule has 0 aliphatic heterocycles. The van der Waals surface area contributed by atoms with Crippen molar-refractivity contribution in [2.45, 2.75) is 70.1 Å². The van der Waals surface area contributed by atoms with Gasteiger partial charge in [0, 0.05) is 17.5 Å². The Balaban J connectivity index is 1.72. The molecule has 1 aliphatic rings. The first-order valence-electron chi connectivity index (χ1n) is 9.23.